The molecule has 0 spiro atoms. The SMILES string of the molecule is COCC1(O)CCCc2ccc(OC)cc21. The van der Waals surface area contributed by atoms with Crippen LogP contribution in [0.3, 0.4) is 0 Å². The highest BCUT2D eigenvalue weighted by molar-refractivity contribution is 5.41. The maximum absolute atomic E-state index is 10.6. The third-order valence-corrected chi connectivity index (χ3v) is 3.24. The lowest BCUT2D eigenvalue weighted by atomic mass is 9.79. The Bertz CT molecular complexity index is 375. The molecule has 0 aromatic heterocycles. The van der Waals surface area contributed by atoms with Crippen LogP contribution in [-0.4, -0.2) is 25.9 Å². The van der Waals surface area contributed by atoms with Crippen LogP contribution < -0.4 is 4.74 Å². The Hall–Kier alpha value is -1.06. The van der Waals surface area contributed by atoms with Gasteiger partial charge in [0.15, 0.2) is 0 Å². The van der Waals surface area contributed by atoms with Crippen molar-refractivity contribution in [1.29, 1.82) is 0 Å². The molecule has 0 saturated carbocycles. The molecule has 1 aliphatic carbocycles. The van der Waals surface area contributed by atoms with E-state index in [-0.39, 0.29) is 0 Å². The second kappa shape index (κ2) is 4.44. The molecule has 88 valence electrons. The first kappa shape index (κ1) is 11.4. The van der Waals surface area contributed by atoms with Gasteiger partial charge < -0.3 is 14.6 Å². The predicted octanol–water partition coefficient (Wildman–Crippen LogP) is 1.87. The molecule has 0 amide bonds. The van der Waals surface area contributed by atoms with Gasteiger partial charge in [0.1, 0.15) is 11.4 Å². The summed E-state index contributed by atoms with van der Waals surface area (Å²) < 4.78 is 10.3. The van der Waals surface area contributed by atoms with Gasteiger partial charge in [0.2, 0.25) is 0 Å². The molecule has 1 atom stereocenters. The largest absolute Gasteiger partial charge is 0.497 e. The van der Waals surface area contributed by atoms with Crippen molar-refractivity contribution < 1.29 is 14.6 Å². The fourth-order valence-electron chi connectivity index (χ4n) is 2.43. The molecule has 16 heavy (non-hydrogen) atoms. The van der Waals surface area contributed by atoms with Gasteiger partial charge in [0.05, 0.1) is 13.7 Å². The number of benzene rings is 1. The quantitative estimate of drug-likeness (QED) is 0.848. The van der Waals surface area contributed by atoms with E-state index in [0.717, 1.165) is 30.6 Å². The number of methoxy groups -OCH3 is 2. The van der Waals surface area contributed by atoms with Crippen LogP contribution >= 0.6 is 0 Å². The van der Waals surface area contributed by atoms with E-state index in [4.69, 9.17) is 9.47 Å². The molecule has 0 bridgehead atoms. The molecule has 1 aromatic carbocycles. The highest BCUT2D eigenvalue weighted by Crippen LogP contribution is 2.37. The monoisotopic (exact) mass is 222 g/mol. The van der Waals surface area contributed by atoms with E-state index in [1.165, 1.54) is 5.56 Å². The van der Waals surface area contributed by atoms with Crippen LogP contribution in [0.15, 0.2) is 18.2 Å². The number of fused-ring (bicyclic) bond motifs is 1. The molecule has 0 fully saturated rings. The average molecular weight is 222 g/mol. The van der Waals surface area contributed by atoms with Crippen LogP contribution in [0, 0.1) is 0 Å². The molecule has 1 N–H and O–H groups in total. The first-order chi connectivity index (χ1) is 7.69. The number of aliphatic hydroxyl groups is 1. The van der Waals surface area contributed by atoms with E-state index in [1.54, 1.807) is 14.2 Å². The van der Waals surface area contributed by atoms with Crippen molar-refractivity contribution in [2.75, 3.05) is 20.8 Å². The number of rotatable bonds is 3. The summed E-state index contributed by atoms with van der Waals surface area (Å²) in [6.07, 6.45) is 2.77. The van der Waals surface area contributed by atoms with Crippen LogP contribution in [0.2, 0.25) is 0 Å². The average Bonchev–Trinajstić information content (AvgIpc) is 2.29. The topological polar surface area (TPSA) is 38.7 Å². The summed E-state index contributed by atoms with van der Waals surface area (Å²) in [6, 6.07) is 5.90. The Morgan fingerprint density at radius 2 is 2.19 bits per heavy atom. The van der Waals surface area contributed by atoms with E-state index in [0.29, 0.717) is 6.61 Å². The minimum atomic E-state index is -0.850. The maximum Gasteiger partial charge on any atom is 0.119 e. The summed E-state index contributed by atoms with van der Waals surface area (Å²) >= 11 is 0. The Kier molecular flexibility index (Phi) is 3.17. The summed E-state index contributed by atoms with van der Waals surface area (Å²) in [4.78, 5) is 0. The predicted molar refractivity (Wildman–Crippen MR) is 61.7 cm³/mol. The molecule has 0 aliphatic heterocycles. The lowest BCUT2D eigenvalue weighted by Crippen LogP contribution is -2.35. The Labute approximate surface area is 96.0 Å². The summed E-state index contributed by atoms with van der Waals surface area (Å²) in [5.74, 6) is 0.787. The summed E-state index contributed by atoms with van der Waals surface area (Å²) in [5, 5.41) is 10.6. The van der Waals surface area contributed by atoms with Gasteiger partial charge in [-0.3, -0.25) is 0 Å². The smallest absolute Gasteiger partial charge is 0.119 e. The molecular formula is C13H18O3. The Morgan fingerprint density at radius 3 is 2.88 bits per heavy atom. The lowest BCUT2D eigenvalue weighted by Gasteiger charge is -2.34. The Balaban J connectivity index is 2.42. The number of hydrogen-bond donors (Lipinski definition) is 1. The van der Waals surface area contributed by atoms with Crippen LogP contribution in [0.1, 0.15) is 24.0 Å². The fourth-order valence-corrected chi connectivity index (χ4v) is 2.43. The van der Waals surface area contributed by atoms with Crippen molar-refractivity contribution in [2.45, 2.75) is 24.9 Å². The zero-order chi connectivity index (χ0) is 11.6. The second-order valence-corrected chi connectivity index (χ2v) is 4.34. The number of ether oxygens (including phenoxy) is 2. The molecule has 0 radical (unpaired) electrons. The summed E-state index contributed by atoms with van der Waals surface area (Å²) in [6.45, 7) is 0.340. The number of hydrogen-bond acceptors (Lipinski definition) is 3. The van der Waals surface area contributed by atoms with Crippen LogP contribution in [0.5, 0.6) is 5.75 Å². The molecular weight excluding hydrogens is 204 g/mol. The van der Waals surface area contributed by atoms with E-state index in [1.807, 2.05) is 18.2 Å². The molecule has 2 rings (SSSR count). The van der Waals surface area contributed by atoms with Crippen molar-refractivity contribution >= 4 is 0 Å². The third-order valence-electron chi connectivity index (χ3n) is 3.24. The van der Waals surface area contributed by atoms with Crippen molar-refractivity contribution in [1.82, 2.24) is 0 Å². The molecule has 1 unspecified atom stereocenters. The van der Waals surface area contributed by atoms with Gasteiger partial charge in [-0.2, -0.15) is 0 Å². The van der Waals surface area contributed by atoms with Crippen molar-refractivity contribution in [3.8, 4) is 5.75 Å². The standard InChI is InChI=1S/C13H18O3/c1-15-9-13(14)7-3-4-10-5-6-11(16-2)8-12(10)13/h5-6,8,14H,3-4,7,9H2,1-2H3. The second-order valence-electron chi connectivity index (χ2n) is 4.34. The minimum absolute atomic E-state index is 0.340. The first-order valence-corrected chi connectivity index (χ1v) is 5.58. The highest BCUT2D eigenvalue weighted by Gasteiger charge is 2.34. The molecule has 3 nitrogen and oxygen atoms in total. The summed E-state index contributed by atoms with van der Waals surface area (Å²) in [7, 11) is 3.26. The molecule has 1 aliphatic rings. The van der Waals surface area contributed by atoms with Gasteiger partial charge >= 0.3 is 0 Å². The number of aryl methyl sites for hydroxylation is 1. The van der Waals surface area contributed by atoms with Gasteiger partial charge in [0, 0.05) is 7.11 Å². The zero-order valence-electron chi connectivity index (χ0n) is 9.82. The van der Waals surface area contributed by atoms with E-state index >= 15 is 0 Å². The van der Waals surface area contributed by atoms with Gasteiger partial charge in [-0.25, -0.2) is 0 Å². The maximum atomic E-state index is 10.6. The minimum Gasteiger partial charge on any atom is -0.497 e. The highest BCUT2D eigenvalue weighted by atomic mass is 16.5. The van der Waals surface area contributed by atoms with Gasteiger partial charge in [-0.1, -0.05) is 6.07 Å². The molecule has 0 heterocycles. The van der Waals surface area contributed by atoms with Crippen LogP contribution in [0.25, 0.3) is 0 Å². The Morgan fingerprint density at radius 1 is 1.38 bits per heavy atom. The molecule has 1 aromatic rings. The van der Waals surface area contributed by atoms with Crippen molar-refractivity contribution in [2.24, 2.45) is 0 Å². The molecule has 0 saturated heterocycles. The fraction of sp³-hybridized carbons (Fsp3) is 0.538. The van der Waals surface area contributed by atoms with Crippen molar-refractivity contribution in [3.05, 3.63) is 29.3 Å². The lowest BCUT2D eigenvalue weighted by molar-refractivity contribution is -0.0480. The van der Waals surface area contributed by atoms with E-state index in [2.05, 4.69) is 0 Å². The van der Waals surface area contributed by atoms with Gasteiger partial charge in [0.25, 0.3) is 0 Å². The van der Waals surface area contributed by atoms with Crippen LogP contribution in [-0.2, 0) is 16.8 Å². The summed E-state index contributed by atoms with van der Waals surface area (Å²) in [5.41, 5.74) is 1.31. The van der Waals surface area contributed by atoms with E-state index < -0.39 is 5.60 Å². The normalized spacial score (nSPS) is 23.9. The van der Waals surface area contributed by atoms with E-state index in [9.17, 15) is 5.11 Å². The third kappa shape index (κ3) is 1.93. The van der Waals surface area contributed by atoms with Crippen molar-refractivity contribution in [3.63, 3.8) is 0 Å². The van der Waals surface area contributed by atoms with Gasteiger partial charge in [-0.15, -0.1) is 0 Å². The van der Waals surface area contributed by atoms with Gasteiger partial charge in [-0.05, 0) is 42.5 Å². The zero-order valence-corrected chi connectivity index (χ0v) is 9.82. The first-order valence-electron chi connectivity index (χ1n) is 5.58. The van der Waals surface area contributed by atoms with Crippen LogP contribution in [0.4, 0.5) is 0 Å². The molecule has 3 heteroatoms.